The number of nitrogens with one attached hydrogen (secondary N) is 2. The van der Waals surface area contributed by atoms with Crippen molar-refractivity contribution < 1.29 is 4.39 Å². The predicted octanol–water partition coefficient (Wildman–Crippen LogP) is 3.67. The molecule has 2 aromatic heterocycles. The van der Waals surface area contributed by atoms with Crippen LogP contribution in [0.2, 0.25) is 0 Å². The summed E-state index contributed by atoms with van der Waals surface area (Å²) in [6, 6.07) is 12.1. The summed E-state index contributed by atoms with van der Waals surface area (Å²) in [6.07, 6.45) is 3.52. The van der Waals surface area contributed by atoms with Gasteiger partial charge in [0.05, 0.1) is 5.69 Å². The van der Waals surface area contributed by atoms with Gasteiger partial charge in [-0.15, -0.1) is 0 Å². The second kappa shape index (κ2) is 6.83. The van der Waals surface area contributed by atoms with Crippen molar-refractivity contribution in [1.29, 1.82) is 0 Å². The molecule has 0 unspecified atom stereocenters. The molecule has 0 aliphatic rings. The zero-order chi connectivity index (χ0) is 16.1. The zero-order valence-corrected chi connectivity index (χ0v) is 12.6. The van der Waals surface area contributed by atoms with E-state index in [-0.39, 0.29) is 5.82 Å². The molecule has 0 bridgehead atoms. The van der Waals surface area contributed by atoms with Crippen molar-refractivity contribution in [3.63, 3.8) is 0 Å². The van der Waals surface area contributed by atoms with Gasteiger partial charge < -0.3 is 10.6 Å². The maximum Gasteiger partial charge on any atom is 0.229 e. The van der Waals surface area contributed by atoms with Crippen LogP contribution in [0.4, 0.5) is 21.8 Å². The number of para-hydroxylation sites is 1. The van der Waals surface area contributed by atoms with Crippen molar-refractivity contribution in [2.75, 3.05) is 10.6 Å². The lowest BCUT2D eigenvalue weighted by Crippen LogP contribution is -2.06. The maximum absolute atomic E-state index is 13.7. The van der Waals surface area contributed by atoms with Crippen molar-refractivity contribution in [3.05, 3.63) is 71.9 Å². The van der Waals surface area contributed by atoms with Gasteiger partial charge in [0.2, 0.25) is 5.95 Å². The molecule has 0 atom stereocenters. The van der Waals surface area contributed by atoms with E-state index in [1.807, 2.05) is 25.1 Å². The van der Waals surface area contributed by atoms with Gasteiger partial charge in [-0.3, -0.25) is 4.98 Å². The Morgan fingerprint density at radius 2 is 1.96 bits per heavy atom. The first-order valence-electron chi connectivity index (χ1n) is 7.21. The lowest BCUT2D eigenvalue weighted by Gasteiger charge is -2.10. The predicted molar refractivity (Wildman–Crippen MR) is 88.0 cm³/mol. The van der Waals surface area contributed by atoms with Gasteiger partial charge in [0.1, 0.15) is 11.6 Å². The molecule has 0 radical (unpaired) electrons. The monoisotopic (exact) mass is 309 g/mol. The van der Waals surface area contributed by atoms with Crippen LogP contribution in [-0.2, 0) is 6.54 Å². The van der Waals surface area contributed by atoms with E-state index in [4.69, 9.17) is 0 Å². The largest absolute Gasteiger partial charge is 0.366 e. The van der Waals surface area contributed by atoms with Gasteiger partial charge >= 0.3 is 0 Å². The number of aryl methyl sites for hydroxylation is 1. The molecule has 116 valence electrons. The van der Waals surface area contributed by atoms with Crippen LogP contribution in [0.25, 0.3) is 0 Å². The number of hydrogen-bond donors (Lipinski definition) is 2. The van der Waals surface area contributed by atoms with E-state index >= 15 is 0 Å². The Balaban J connectivity index is 1.75. The molecule has 3 rings (SSSR count). The van der Waals surface area contributed by atoms with E-state index in [0.29, 0.717) is 24.0 Å². The molecule has 1 aromatic carbocycles. The third-order valence-electron chi connectivity index (χ3n) is 3.17. The average Bonchev–Trinajstić information content (AvgIpc) is 2.56. The zero-order valence-electron chi connectivity index (χ0n) is 12.6. The summed E-state index contributed by atoms with van der Waals surface area (Å²) in [7, 11) is 0. The Bertz CT molecular complexity index is 792. The van der Waals surface area contributed by atoms with Gasteiger partial charge in [-0.2, -0.15) is 4.98 Å². The lowest BCUT2D eigenvalue weighted by molar-refractivity contribution is 0.631. The highest BCUT2D eigenvalue weighted by atomic mass is 19.1. The van der Waals surface area contributed by atoms with Gasteiger partial charge in [-0.05, 0) is 30.7 Å². The number of aromatic nitrogens is 3. The number of benzene rings is 1. The maximum atomic E-state index is 13.7. The molecule has 0 saturated heterocycles. The van der Waals surface area contributed by atoms with Crippen molar-refractivity contribution in [3.8, 4) is 0 Å². The Kier molecular flexibility index (Phi) is 4.42. The van der Waals surface area contributed by atoms with Crippen LogP contribution in [0.3, 0.4) is 0 Å². The topological polar surface area (TPSA) is 62.7 Å². The molecule has 5 nitrogen and oxygen atoms in total. The number of hydrogen-bond acceptors (Lipinski definition) is 5. The fourth-order valence-electron chi connectivity index (χ4n) is 2.09. The number of nitrogens with zero attached hydrogens (tertiary/aromatic N) is 3. The van der Waals surface area contributed by atoms with Gasteiger partial charge in [0.15, 0.2) is 0 Å². The molecule has 0 aliphatic carbocycles. The summed E-state index contributed by atoms with van der Waals surface area (Å²) in [5.74, 6) is 0.673. The number of anilines is 3. The normalized spacial score (nSPS) is 10.3. The van der Waals surface area contributed by atoms with Crippen LogP contribution in [0.1, 0.15) is 11.3 Å². The average molecular weight is 309 g/mol. The van der Waals surface area contributed by atoms with E-state index in [9.17, 15) is 4.39 Å². The fourth-order valence-corrected chi connectivity index (χ4v) is 2.09. The van der Waals surface area contributed by atoms with Crippen LogP contribution < -0.4 is 10.6 Å². The molecule has 2 N–H and O–H groups in total. The highest BCUT2D eigenvalue weighted by Gasteiger charge is 2.06. The Morgan fingerprint density at radius 1 is 1.09 bits per heavy atom. The molecule has 0 fully saturated rings. The van der Waals surface area contributed by atoms with E-state index in [0.717, 1.165) is 11.3 Å². The van der Waals surface area contributed by atoms with E-state index in [1.54, 1.807) is 30.6 Å². The van der Waals surface area contributed by atoms with E-state index < -0.39 is 0 Å². The van der Waals surface area contributed by atoms with Crippen molar-refractivity contribution >= 4 is 17.5 Å². The quantitative estimate of drug-likeness (QED) is 0.753. The van der Waals surface area contributed by atoms with Crippen molar-refractivity contribution in [2.24, 2.45) is 0 Å². The summed E-state index contributed by atoms with van der Waals surface area (Å²) >= 11 is 0. The van der Waals surface area contributed by atoms with Crippen LogP contribution in [0.5, 0.6) is 0 Å². The second-order valence-corrected chi connectivity index (χ2v) is 5.04. The minimum Gasteiger partial charge on any atom is -0.366 e. The molecule has 0 spiro atoms. The summed E-state index contributed by atoms with van der Waals surface area (Å²) in [4.78, 5) is 12.7. The second-order valence-electron chi connectivity index (χ2n) is 5.04. The van der Waals surface area contributed by atoms with Crippen LogP contribution in [0, 0.1) is 12.7 Å². The van der Waals surface area contributed by atoms with Gasteiger partial charge in [0, 0.05) is 30.7 Å². The third-order valence-corrected chi connectivity index (χ3v) is 3.17. The first-order chi connectivity index (χ1) is 11.2. The fraction of sp³-hybridized carbons (Fsp3) is 0.118. The number of pyridine rings is 1. The molecule has 3 aromatic rings. The summed E-state index contributed by atoms with van der Waals surface area (Å²) in [5.41, 5.74) is 2.18. The molecule has 2 heterocycles. The summed E-state index contributed by atoms with van der Waals surface area (Å²) in [5, 5.41) is 6.12. The molecule has 6 heteroatoms. The number of halogens is 1. The van der Waals surface area contributed by atoms with E-state index in [1.165, 1.54) is 6.07 Å². The minimum absolute atomic E-state index is 0.344. The Morgan fingerprint density at radius 3 is 2.74 bits per heavy atom. The smallest absolute Gasteiger partial charge is 0.229 e. The van der Waals surface area contributed by atoms with Crippen LogP contribution in [0.15, 0.2) is 54.9 Å². The SMILES string of the molecule is Cc1cc(NCc2cccnc2)nc(Nc2ccccc2F)n1. The first-order valence-corrected chi connectivity index (χ1v) is 7.21. The minimum atomic E-state index is -0.345. The van der Waals surface area contributed by atoms with Gasteiger partial charge in [-0.25, -0.2) is 9.37 Å². The molecule has 0 amide bonds. The molecule has 23 heavy (non-hydrogen) atoms. The molecular weight excluding hydrogens is 293 g/mol. The standard InChI is InChI=1S/C17H16FN5/c1-12-9-16(20-11-13-5-4-8-19-10-13)23-17(21-12)22-15-7-3-2-6-14(15)18/h2-10H,11H2,1H3,(H2,20,21,22,23). The van der Waals surface area contributed by atoms with Crippen LogP contribution in [-0.4, -0.2) is 15.0 Å². The first kappa shape index (κ1) is 14.9. The lowest BCUT2D eigenvalue weighted by atomic mass is 10.3. The van der Waals surface area contributed by atoms with Crippen LogP contribution >= 0.6 is 0 Å². The molecular formula is C17H16FN5. The molecule has 0 aliphatic heterocycles. The Labute approximate surface area is 133 Å². The van der Waals surface area contributed by atoms with Crippen molar-refractivity contribution in [1.82, 2.24) is 15.0 Å². The Hall–Kier alpha value is -3.02. The van der Waals surface area contributed by atoms with Gasteiger partial charge in [-0.1, -0.05) is 18.2 Å². The van der Waals surface area contributed by atoms with E-state index in [2.05, 4.69) is 25.6 Å². The van der Waals surface area contributed by atoms with Gasteiger partial charge in [0.25, 0.3) is 0 Å². The highest BCUT2D eigenvalue weighted by Crippen LogP contribution is 2.18. The summed E-state index contributed by atoms with van der Waals surface area (Å²) in [6.45, 7) is 2.47. The number of rotatable bonds is 5. The molecule has 0 saturated carbocycles. The highest BCUT2D eigenvalue weighted by molar-refractivity contribution is 5.55. The summed E-state index contributed by atoms with van der Waals surface area (Å²) < 4.78 is 13.7. The van der Waals surface area contributed by atoms with Crippen molar-refractivity contribution in [2.45, 2.75) is 13.5 Å². The third kappa shape index (κ3) is 4.00.